The lowest BCUT2D eigenvalue weighted by Crippen LogP contribution is -2.43. The van der Waals surface area contributed by atoms with E-state index in [9.17, 15) is 14.4 Å². The molecule has 0 saturated heterocycles. The molecule has 1 aliphatic carbocycles. The van der Waals surface area contributed by atoms with Gasteiger partial charge in [-0.3, -0.25) is 9.48 Å². The van der Waals surface area contributed by atoms with Crippen LogP contribution in [0.2, 0.25) is 0 Å². The van der Waals surface area contributed by atoms with Gasteiger partial charge < -0.3 is 19.3 Å². The summed E-state index contributed by atoms with van der Waals surface area (Å²) in [5.74, 6) is -0.357. The van der Waals surface area contributed by atoms with Crippen LogP contribution in [0.25, 0.3) is 0 Å². The lowest BCUT2D eigenvalue weighted by atomic mass is 10.1. The molecular weight excluding hydrogens is 440 g/mol. The van der Waals surface area contributed by atoms with Gasteiger partial charge >= 0.3 is 12.1 Å². The molecule has 0 aromatic carbocycles. The van der Waals surface area contributed by atoms with Gasteiger partial charge in [0.05, 0.1) is 37.2 Å². The summed E-state index contributed by atoms with van der Waals surface area (Å²) in [7, 11) is 1.70. The SMILES string of the molecule is CCOC(=O)c1ccnc(C2(N(C)C(=O)c3cnn4c3CN(C(=O)OC(C)(C)C)CC4)CC2)n1. The smallest absolute Gasteiger partial charge is 0.410 e. The monoisotopic (exact) mass is 470 g/mol. The van der Waals surface area contributed by atoms with Crippen LogP contribution in [0.1, 0.15) is 72.9 Å². The van der Waals surface area contributed by atoms with Crippen LogP contribution in [0.15, 0.2) is 18.5 Å². The number of carbonyl (C=O) groups excluding carboxylic acids is 3. The fourth-order valence-electron chi connectivity index (χ4n) is 4.01. The second-order valence-corrected chi connectivity index (χ2v) is 9.51. The van der Waals surface area contributed by atoms with Gasteiger partial charge in [-0.2, -0.15) is 5.10 Å². The number of hydrogen-bond acceptors (Lipinski definition) is 8. The van der Waals surface area contributed by atoms with Crippen molar-refractivity contribution in [1.29, 1.82) is 0 Å². The van der Waals surface area contributed by atoms with Crippen molar-refractivity contribution in [2.75, 3.05) is 20.2 Å². The Labute approximate surface area is 198 Å². The number of carbonyl (C=O) groups is 3. The van der Waals surface area contributed by atoms with Gasteiger partial charge in [-0.05, 0) is 46.6 Å². The molecule has 182 valence electrons. The van der Waals surface area contributed by atoms with E-state index in [-0.39, 0.29) is 24.8 Å². The van der Waals surface area contributed by atoms with Crippen molar-refractivity contribution < 1.29 is 23.9 Å². The molecule has 34 heavy (non-hydrogen) atoms. The normalized spacial score (nSPS) is 16.4. The highest BCUT2D eigenvalue weighted by molar-refractivity contribution is 5.96. The van der Waals surface area contributed by atoms with E-state index in [1.165, 1.54) is 12.3 Å². The van der Waals surface area contributed by atoms with Crippen LogP contribution in [0.4, 0.5) is 4.79 Å². The number of esters is 1. The fourth-order valence-corrected chi connectivity index (χ4v) is 4.01. The summed E-state index contributed by atoms with van der Waals surface area (Å²) in [5, 5.41) is 4.36. The maximum Gasteiger partial charge on any atom is 0.410 e. The summed E-state index contributed by atoms with van der Waals surface area (Å²) in [6.07, 6.45) is 3.98. The van der Waals surface area contributed by atoms with Gasteiger partial charge in [0.2, 0.25) is 0 Å². The summed E-state index contributed by atoms with van der Waals surface area (Å²) in [6, 6.07) is 1.50. The predicted octanol–water partition coefficient (Wildman–Crippen LogP) is 2.36. The summed E-state index contributed by atoms with van der Waals surface area (Å²) in [4.78, 5) is 50.2. The van der Waals surface area contributed by atoms with Crippen LogP contribution in [-0.2, 0) is 28.1 Å². The molecule has 1 aliphatic heterocycles. The molecule has 0 unspecified atom stereocenters. The Bertz CT molecular complexity index is 1120. The molecule has 11 heteroatoms. The van der Waals surface area contributed by atoms with Crippen LogP contribution < -0.4 is 0 Å². The first-order valence-corrected chi connectivity index (χ1v) is 11.4. The number of rotatable bonds is 5. The third-order valence-corrected chi connectivity index (χ3v) is 5.98. The quantitative estimate of drug-likeness (QED) is 0.611. The van der Waals surface area contributed by atoms with Crippen LogP contribution in [0.3, 0.4) is 0 Å². The summed E-state index contributed by atoms with van der Waals surface area (Å²) >= 11 is 0. The molecule has 2 aliphatic rings. The van der Waals surface area contributed by atoms with Crippen LogP contribution in [-0.4, -0.2) is 73.3 Å². The lowest BCUT2D eigenvalue weighted by Gasteiger charge is -2.31. The standard InChI is InChI=1S/C23H30N6O5/c1-6-33-19(31)16-7-10-24-20(26-16)23(8-9-23)27(5)18(30)15-13-25-29-12-11-28(14-17(15)29)21(32)34-22(2,3)4/h7,10,13H,6,8-9,11-12,14H2,1-5H3. The average Bonchev–Trinajstić information content (AvgIpc) is 3.50. The number of nitrogens with zero attached hydrogens (tertiary/aromatic N) is 6. The fraction of sp³-hybridized carbons (Fsp3) is 0.565. The van der Waals surface area contributed by atoms with E-state index in [2.05, 4.69) is 15.1 Å². The number of ether oxygens (including phenoxy) is 2. The van der Waals surface area contributed by atoms with Gasteiger partial charge in [0.25, 0.3) is 5.91 Å². The molecule has 0 spiro atoms. The molecule has 0 radical (unpaired) electrons. The Kier molecular flexibility index (Phi) is 6.05. The summed E-state index contributed by atoms with van der Waals surface area (Å²) < 4.78 is 12.3. The maximum atomic E-state index is 13.6. The minimum Gasteiger partial charge on any atom is -0.461 e. The Balaban J connectivity index is 1.55. The minimum atomic E-state index is -0.700. The van der Waals surface area contributed by atoms with Gasteiger partial charge in [0.15, 0.2) is 11.5 Å². The van der Waals surface area contributed by atoms with E-state index in [4.69, 9.17) is 9.47 Å². The highest BCUT2D eigenvalue weighted by Crippen LogP contribution is 2.49. The summed E-state index contributed by atoms with van der Waals surface area (Å²) in [5.41, 5.74) is -0.0673. The Hall–Kier alpha value is -3.50. The molecule has 2 aromatic rings. The molecule has 0 atom stereocenters. The molecule has 2 aromatic heterocycles. The molecule has 1 saturated carbocycles. The Morgan fingerprint density at radius 1 is 1.21 bits per heavy atom. The third kappa shape index (κ3) is 4.46. The first-order chi connectivity index (χ1) is 16.1. The van der Waals surface area contributed by atoms with E-state index >= 15 is 0 Å². The highest BCUT2D eigenvalue weighted by Gasteiger charge is 2.53. The van der Waals surface area contributed by atoms with Gasteiger partial charge in [0.1, 0.15) is 11.1 Å². The lowest BCUT2D eigenvalue weighted by molar-refractivity contribution is 0.0191. The second-order valence-electron chi connectivity index (χ2n) is 9.51. The van der Waals surface area contributed by atoms with Crippen molar-refractivity contribution in [2.45, 2.75) is 64.8 Å². The molecule has 4 rings (SSSR count). The summed E-state index contributed by atoms with van der Waals surface area (Å²) in [6.45, 7) is 8.57. The largest absolute Gasteiger partial charge is 0.461 e. The van der Waals surface area contributed by atoms with Gasteiger partial charge in [-0.1, -0.05) is 0 Å². The van der Waals surface area contributed by atoms with Crippen molar-refractivity contribution in [1.82, 2.24) is 29.5 Å². The Morgan fingerprint density at radius 2 is 1.94 bits per heavy atom. The molecule has 2 amide bonds. The average molecular weight is 471 g/mol. The van der Waals surface area contributed by atoms with Crippen LogP contribution in [0.5, 0.6) is 0 Å². The molecule has 1 fully saturated rings. The third-order valence-electron chi connectivity index (χ3n) is 5.98. The van der Waals surface area contributed by atoms with Gasteiger partial charge in [-0.15, -0.1) is 0 Å². The number of fused-ring (bicyclic) bond motifs is 1. The molecule has 11 nitrogen and oxygen atoms in total. The Morgan fingerprint density at radius 3 is 2.59 bits per heavy atom. The van der Waals surface area contributed by atoms with Crippen LogP contribution in [0, 0.1) is 0 Å². The first kappa shape index (κ1) is 23.7. The van der Waals surface area contributed by atoms with Crippen molar-refractivity contribution in [3.8, 4) is 0 Å². The minimum absolute atomic E-state index is 0.162. The van der Waals surface area contributed by atoms with Crippen molar-refractivity contribution >= 4 is 18.0 Å². The van der Waals surface area contributed by atoms with Crippen LogP contribution >= 0.6 is 0 Å². The maximum absolute atomic E-state index is 13.6. The zero-order valence-electron chi connectivity index (χ0n) is 20.2. The van der Waals surface area contributed by atoms with Gasteiger partial charge in [0, 0.05) is 19.8 Å². The molecular formula is C23H30N6O5. The molecule has 0 bridgehead atoms. The van der Waals surface area contributed by atoms with E-state index < -0.39 is 23.2 Å². The van der Waals surface area contributed by atoms with E-state index in [1.54, 1.807) is 34.6 Å². The number of aromatic nitrogens is 4. The van der Waals surface area contributed by atoms with Crippen molar-refractivity contribution in [3.63, 3.8) is 0 Å². The predicted molar refractivity (Wildman–Crippen MR) is 120 cm³/mol. The van der Waals surface area contributed by atoms with E-state index in [1.807, 2.05) is 20.8 Å². The number of hydrogen-bond donors (Lipinski definition) is 0. The zero-order valence-corrected chi connectivity index (χ0v) is 20.2. The van der Waals surface area contributed by atoms with Gasteiger partial charge in [-0.25, -0.2) is 19.6 Å². The second kappa shape index (κ2) is 8.69. The topological polar surface area (TPSA) is 120 Å². The molecule has 3 heterocycles. The van der Waals surface area contributed by atoms with Crippen molar-refractivity contribution in [3.05, 3.63) is 41.2 Å². The zero-order chi connectivity index (χ0) is 24.7. The van der Waals surface area contributed by atoms with E-state index in [0.29, 0.717) is 43.0 Å². The molecule has 0 N–H and O–H groups in total. The van der Waals surface area contributed by atoms with E-state index in [0.717, 1.165) is 0 Å². The first-order valence-electron chi connectivity index (χ1n) is 11.4. The highest BCUT2D eigenvalue weighted by atomic mass is 16.6. The van der Waals surface area contributed by atoms with Crippen molar-refractivity contribution in [2.24, 2.45) is 0 Å². The number of amides is 2.